The number of carboxylic acids is 1. The third-order valence-corrected chi connectivity index (χ3v) is 4.84. The molecule has 1 fully saturated rings. The second-order valence-electron chi connectivity index (χ2n) is 6.26. The Bertz CT molecular complexity index is 652. The van der Waals surface area contributed by atoms with Gasteiger partial charge in [0.2, 0.25) is 5.91 Å². The van der Waals surface area contributed by atoms with Crippen LogP contribution in [0.3, 0.4) is 0 Å². The van der Waals surface area contributed by atoms with Gasteiger partial charge in [0.05, 0.1) is 12.7 Å². The summed E-state index contributed by atoms with van der Waals surface area (Å²) in [6, 6.07) is 4.82. The van der Waals surface area contributed by atoms with Crippen LogP contribution < -0.4 is 10.1 Å². The average molecular weight is 315 g/mol. The smallest absolute Gasteiger partial charge is 0.335 e. The minimum absolute atomic E-state index is 0.112. The van der Waals surface area contributed by atoms with Gasteiger partial charge in [-0.15, -0.1) is 0 Å². The van der Waals surface area contributed by atoms with E-state index >= 15 is 0 Å². The second-order valence-corrected chi connectivity index (χ2v) is 6.26. The molecule has 0 saturated heterocycles. The van der Waals surface area contributed by atoms with Crippen molar-refractivity contribution in [1.29, 1.82) is 0 Å². The third-order valence-electron chi connectivity index (χ3n) is 4.84. The van der Waals surface area contributed by atoms with Crippen molar-refractivity contribution in [3.8, 4) is 5.75 Å². The minimum atomic E-state index is -0.979. The Morgan fingerprint density at radius 3 is 2.74 bits per heavy atom. The first kappa shape index (κ1) is 15.6. The molecule has 0 aromatic heterocycles. The monoisotopic (exact) mass is 315 g/mol. The number of fused-ring (bicyclic) bond motifs is 2. The van der Waals surface area contributed by atoms with Gasteiger partial charge in [-0.2, -0.15) is 0 Å². The van der Waals surface area contributed by atoms with E-state index in [1.165, 1.54) is 13.2 Å². The van der Waals surface area contributed by atoms with Crippen molar-refractivity contribution < 1.29 is 19.4 Å². The number of amides is 1. The molecule has 2 N–H and O–H groups in total. The Labute approximate surface area is 135 Å². The van der Waals surface area contributed by atoms with E-state index in [0.717, 1.165) is 18.4 Å². The lowest BCUT2D eigenvalue weighted by molar-refractivity contribution is -0.125. The standard InChI is InChI=1S/C18H21NO4/c1-23-16-10-14(18(21)22)5-4-12(16)6-7-19-17(20)15-9-11-2-3-13(15)8-11/h2-5,10-11,13,15H,6-9H2,1H3,(H,19,20)(H,21,22). The molecule has 1 saturated carbocycles. The summed E-state index contributed by atoms with van der Waals surface area (Å²) in [5, 5.41) is 12.0. The van der Waals surface area contributed by atoms with Crippen molar-refractivity contribution in [3.63, 3.8) is 0 Å². The number of methoxy groups -OCH3 is 1. The topological polar surface area (TPSA) is 75.6 Å². The van der Waals surface area contributed by atoms with Crippen LogP contribution >= 0.6 is 0 Å². The van der Waals surface area contributed by atoms with E-state index in [1.54, 1.807) is 12.1 Å². The molecule has 122 valence electrons. The number of carbonyl (C=O) groups excluding carboxylic acids is 1. The summed E-state index contributed by atoms with van der Waals surface area (Å²) in [4.78, 5) is 23.2. The first-order chi connectivity index (χ1) is 11.1. The molecule has 3 atom stereocenters. The SMILES string of the molecule is COc1cc(C(=O)O)ccc1CCNC(=O)C1CC2C=CC1C2. The number of rotatable bonds is 6. The van der Waals surface area contributed by atoms with Gasteiger partial charge >= 0.3 is 5.97 Å². The summed E-state index contributed by atoms with van der Waals surface area (Å²) < 4.78 is 5.25. The van der Waals surface area contributed by atoms with E-state index < -0.39 is 5.97 Å². The zero-order valence-corrected chi connectivity index (χ0v) is 13.1. The van der Waals surface area contributed by atoms with E-state index in [-0.39, 0.29) is 17.4 Å². The molecule has 5 nitrogen and oxygen atoms in total. The van der Waals surface area contributed by atoms with Crippen molar-refractivity contribution in [2.75, 3.05) is 13.7 Å². The van der Waals surface area contributed by atoms with Gasteiger partial charge in [0.15, 0.2) is 0 Å². The number of aromatic carboxylic acids is 1. The van der Waals surface area contributed by atoms with Gasteiger partial charge in [0.1, 0.15) is 5.75 Å². The van der Waals surface area contributed by atoms with Crippen molar-refractivity contribution in [2.24, 2.45) is 17.8 Å². The quantitative estimate of drug-likeness (QED) is 0.790. The maximum Gasteiger partial charge on any atom is 0.335 e. The molecule has 3 unspecified atom stereocenters. The van der Waals surface area contributed by atoms with Crippen LogP contribution in [0.25, 0.3) is 0 Å². The molecule has 23 heavy (non-hydrogen) atoms. The van der Waals surface area contributed by atoms with Crippen molar-refractivity contribution in [1.82, 2.24) is 5.32 Å². The lowest BCUT2D eigenvalue weighted by atomic mass is 9.93. The highest BCUT2D eigenvalue weighted by Gasteiger charge is 2.39. The van der Waals surface area contributed by atoms with Crippen molar-refractivity contribution in [3.05, 3.63) is 41.5 Å². The van der Waals surface area contributed by atoms with E-state index in [0.29, 0.717) is 30.6 Å². The van der Waals surface area contributed by atoms with Gasteiger partial charge in [0.25, 0.3) is 0 Å². The maximum atomic E-state index is 12.3. The van der Waals surface area contributed by atoms with Crippen LogP contribution in [-0.4, -0.2) is 30.6 Å². The number of hydrogen-bond donors (Lipinski definition) is 2. The predicted molar refractivity (Wildman–Crippen MR) is 85.5 cm³/mol. The van der Waals surface area contributed by atoms with Crippen LogP contribution in [0.15, 0.2) is 30.4 Å². The van der Waals surface area contributed by atoms with Gasteiger partial charge in [-0.1, -0.05) is 18.2 Å². The lowest BCUT2D eigenvalue weighted by Crippen LogP contribution is -2.34. The summed E-state index contributed by atoms with van der Waals surface area (Å²) in [5.41, 5.74) is 1.09. The lowest BCUT2D eigenvalue weighted by Gasteiger charge is -2.17. The van der Waals surface area contributed by atoms with Crippen LogP contribution in [0.1, 0.15) is 28.8 Å². The zero-order valence-electron chi connectivity index (χ0n) is 13.1. The Kier molecular flexibility index (Phi) is 4.37. The van der Waals surface area contributed by atoms with Crippen molar-refractivity contribution >= 4 is 11.9 Å². The summed E-state index contributed by atoms with van der Waals surface area (Å²) in [6.45, 7) is 0.527. The second kappa shape index (κ2) is 6.44. The van der Waals surface area contributed by atoms with Gasteiger partial charge in [-0.25, -0.2) is 4.79 Å². The number of hydrogen-bond acceptors (Lipinski definition) is 3. The molecule has 2 bridgehead atoms. The number of carbonyl (C=O) groups is 2. The van der Waals surface area contributed by atoms with Crippen LogP contribution in [0.2, 0.25) is 0 Å². The predicted octanol–water partition coefficient (Wildman–Crippen LogP) is 2.26. The Morgan fingerprint density at radius 1 is 1.30 bits per heavy atom. The Morgan fingerprint density at radius 2 is 2.13 bits per heavy atom. The minimum Gasteiger partial charge on any atom is -0.496 e. The summed E-state index contributed by atoms with van der Waals surface area (Å²) >= 11 is 0. The maximum absolute atomic E-state index is 12.3. The molecule has 5 heteroatoms. The number of ether oxygens (including phenoxy) is 1. The first-order valence-electron chi connectivity index (χ1n) is 7.94. The number of nitrogens with one attached hydrogen (secondary N) is 1. The number of benzene rings is 1. The molecule has 2 aliphatic rings. The van der Waals surface area contributed by atoms with Gasteiger partial charge in [-0.05, 0) is 48.8 Å². The highest BCUT2D eigenvalue weighted by molar-refractivity contribution is 5.88. The molecule has 1 aromatic carbocycles. The zero-order chi connectivity index (χ0) is 16.4. The fourth-order valence-corrected chi connectivity index (χ4v) is 3.62. The van der Waals surface area contributed by atoms with E-state index in [1.807, 2.05) is 0 Å². The molecule has 0 heterocycles. The van der Waals surface area contributed by atoms with Gasteiger partial charge in [-0.3, -0.25) is 4.79 Å². The fourth-order valence-electron chi connectivity index (χ4n) is 3.62. The largest absolute Gasteiger partial charge is 0.496 e. The van der Waals surface area contributed by atoms with Crippen molar-refractivity contribution in [2.45, 2.75) is 19.3 Å². The molecular formula is C18H21NO4. The normalized spacial score (nSPS) is 24.7. The summed E-state index contributed by atoms with van der Waals surface area (Å²) in [7, 11) is 1.52. The van der Waals surface area contributed by atoms with Crippen LogP contribution in [0.5, 0.6) is 5.75 Å². The molecule has 1 aromatic rings. The molecular weight excluding hydrogens is 294 g/mol. The highest BCUT2D eigenvalue weighted by atomic mass is 16.5. The summed E-state index contributed by atoms with van der Waals surface area (Å²) in [6.07, 6.45) is 7.09. The first-order valence-corrected chi connectivity index (χ1v) is 7.94. The fraction of sp³-hybridized carbons (Fsp3) is 0.444. The number of carboxylic acid groups (broad SMARTS) is 1. The van der Waals surface area contributed by atoms with Crippen LogP contribution in [0, 0.1) is 17.8 Å². The molecule has 2 aliphatic carbocycles. The average Bonchev–Trinajstić information content (AvgIpc) is 3.17. The van der Waals surface area contributed by atoms with Gasteiger partial charge < -0.3 is 15.2 Å². The molecule has 3 rings (SSSR count). The van der Waals surface area contributed by atoms with Crippen LogP contribution in [0.4, 0.5) is 0 Å². The van der Waals surface area contributed by atoms with Crippen LogP contribution in [-0.2, 0) is 11.2 Å². The summed E-state index contributed by atoms with van der Waals surface area (Å²) in [5.74, 6) is 0.794. The molecule has 0 aliphatic heterocycles. The Balaban J connectivity index is 1.55. The molecule has 1 amide bonds. The third kappa shape index (κ3) is 3.23. The molecule has 0 radical (unpaired) electrons. The van der Waals surface area contributed by atoms with E-state index in [4.69, 9.17) is 9.84 Å². The molecule has 0 spiro atoms. The Hall–Kier alpha value is -2.30. The van der Waals surface area contributed by atoms with E-state index in [2.05, 4.69) is 17.5 Å². The van der Waals surface area contributed by atoms with Gasteiger partial charge in [0, 0.05) is 12.5 Å². The van der Waals surface area contributed by atoms with E-state index in [9.17, 15) is 9.59 Å². The highest BCUT2D eigenvalue weighted by Crippen LogP contribution is 2.43. The number of allylic oxidation sites excluding steroid dienone is 2.